The maximum absolute atomic E-state index is 8.51. The SMILES string of the molecule is Cc1[c-]c(C)c(C)cc1C.Cc1[c-]c(C)c(C)cc1C.[O]=[Os+2]=[O]. The summed E-state index contributed by atoms with van der Waals surface area (Å²) >= 11 is -2.08. The first-order valence-corrected chi connectivity index (χ1v) is 9.52. The van der Waals surface area contributed by atoms with Crippen LogP contribution in [0.4, 0.5) is 0 Å². The Kier molecular flexibility index (Phi) is 9.85. The van der Waals surface area contributed by atoms with Gasteiger partial charge in [-0.05, 0) is 0 Å². The third kappa shape index (κ3) is 7.66. The topological polar surface area (TPSA) is 34.1 Å². The monoisotopic (exact) mass is 490 g/mol. The van der Waals surface area contributed by atoms with E-state index in [1.165, 1.54) is 44.5 Å². The number of aryl methyl sites for hydroxylation is 8. The summed E-state index contributed by atoms with van der Waals surface area (Å²) in [5, 5.41) is 0. The molecule has 3 heteroatoms. The Hall–Kier alpha value is -1.32. The summed E-state index contributed by atoms with van der Waals surface area (Å²) in [5.74, 6) is 0. The van der Waals surface area contributed by atoms with Gasteiger partial charge in [0.05, 0.1) is 0 Å². The summed E-state index contributed by atoms with van der Waals surface area (Å²) in [5.41, 5.74) is 10.4. The summed E-state index contributed by atoms with van der Waals surface area (Å²) in [7, 11) is 0. The van der Waals surface area contributed by atoms with Gasteiger partial charge in [0, 0.05) is 0 Å². The Morgan fingerprint density at radius 3 is 0.870 bits per heavy atom. The van der Waals surface area contributed by atoms with Crippen molar-refractivity contribution in [2.75, 3.05) is 0 Å². The summed E-state index contributed by atoms with van der Waals surface area (Å²) in [6.07, 6.45) is 0. The zero-order chi connectivity index (χ0) is 18.2. The molecule has 2 aromatic rings. The molecular formula is C20H26O2Os. The third-order valence-electron chi connectivity index (χ3n) is 3.98. The van der Waals surface area contributed by atoms with Crippen molar-refractivity contribution >= 4 is 0 Å². The number of rotatable bonds is 0. The van der Waals surface area contributed by atoms with E-state index in [9.17, 15) is 0 Å². The molecule has 0 fully saturated rings. The molecule has 0 amide bonds. The van der Waals surface area contributed by atoms with Gasteiger partial charge in [0.15, 0.2) is 0 Å². The van der Waals surface area contributed by atoms with E-state index in [2.05, 4.69) is 79.7 Å². The van der Waals surface area contributed by atoms with Crippen LogP contribution < -0.4 is 0 Å². The van der Waals surface area contributed by atoms with Crippen LogP contribution in [0.25, 0.3) is 0 Å². The average molecular weight is 489 g/mol. The normalized spacial score (nSPS) is 9.22. The second-order valence-corrected chi connectivity index (χ2v) is 6.25. The number of hydrogen-bond acceptors (Lipinski definition) is 2. The standard InChI is InChI=1S/2C10H13.2O.Os/c2*1-7-5-9(3)10(4)6-8(7)2;;;/h2*5H,1-4H3;;;/q2*-1;;;+2. The number of benzene rings is 2. The zero-order valence-electron chi connectivity index (χ0n) is 15.3. The van der Waals surface area contributed by atoms with Gasteiger partial charge in [-0.2, -0.15) is 68.8 Å². The summed E-state index contributed by atoms with van der Waals surface area (Å²) < 4.78 is 17.0. The first kappa shape index (κ1) is 21.7. The number of hydrogen-bond donors (Lipinski definition) is 0. The molecule has 0 unspecified atom stereocenters. The predicted molar refractivity (Wildman–Crippen MR) is 89.8 cm³/mol. The minimum atomic E-state index is -2.08. The van der Waals surface area contributed by atoms with Crippen LogP contribution in [-0.2, 0) is 24.4 Å². The van der Waals surface area contributed by atoms with Crippen molar-refractivity contribution < 1.29 is 24.4 Å². The molecule has 0 saturated heterocycles. The first-order chi connectivity index (χ1) is 10.6. The fraction of sp³-hybridized carbons (Fsp3) is 0.400. The van der Waals surface area contributed by atoms with Gasteiger partial charge in [-0.1, -0.05) is 55.4 Å². The van der Waals surface area contributed by atoms with Crippen LogP contribution in [0.2, 0.25) is 0 Å². The van der Waals surface area contributed by atoms with Crippen LogP contribution in [0.15, 0.2) is 12.1 Å². The molecule has 0 radical (unpaired) electrons. The maximum atomic E-state index is 8.51. The molecule has 2 aromatic carbocycles. The van der Waals surface area contributed by atoms with Gasteiger partial charge in [0.1, 0.15) is 0 Å². The van der Waals surface area contributed by atoms with Gasteiger partial charge in [-0.25, -0.2) is 0 Å². The molecule has 0 aliphatic heterocycles. The van der Waals surface area contributed by atoms with Crippen LogP contribution in [0, 0.1) is 67.5 Å². The molecule has 0 aromatic heterocycles. The van der Waals surface area contributed by atoms with E-state index in [4.69, 9.17) is 7.08 Å². The van der Waals surface area contributed by atoms with E-state index in [-0.39, 0.29) is 0 Å². The molecule has 0 bridgehead atoms. The van der Waals surface area contributed by atoms with E-state index in [1.54, 1.807) is 0 Å². The molecule has 2 nitrogen and oxygen atoms in total. The average Bonchev–Trinajstić information content (AvgIpc) is 2.45. The Morgan fingerprint density at radius 1 is 0.565 bits per heavy atom. The second kappa shape index (κ2) is 10.5. The fourth-order valence-electron chi connectivity index (χ4n) is 2.04. The van der Waals surface area contributed by atoms with Gasteiger partial charge in [0.2, 0.25) is 0 Å². The predicted octanol–water partition coefficient (Wildman–Crippen LogP) is 5.20. The van der Waals surface area contributed by atoms with Crippen molar-refractivity contribution in [3.05, 3.63) is 68.8 Å². The first-order valence-electron chi connectivity index (χ1n) is 7.44. The quantitative estimate of drug-likeness (QED) is 0.478. The Morgan fingerprint density at radius 2 is 0.739 bits per heavy atom. The fourth-order valence-corrected chi connectivity index (χ4v) is 2.04. The minimum absolute atomic E-state index is 1.27. The molecule has 0 N–H and O–H groups in total. The van der Waals surface area contributed by atoms with Gasteiger partial charge in [0.25, 0.3) is 0 Å². The molecule has 0 aliphatic rings. The molecule has 2 rings (SSSR count). The van der Waals surface area contributed by atoms with Crippen LogP contribution in [-0.4, -0.2) is 0 Å². The van der Waals surface area contributed by atoms with Crippen LogP contribution in [0.1, 0.15) is 44.5 Å². The van der Waals surface area contributed by atoms with Gasteiger partial charge < -0.3 is 0 Å². The Labute approximate surface area is 148 Å². The molecule has 0 heterocycles. The van der Waals surface area contributed by atoms with Crippen molar-refractivity contribution in [2.45, 2.75) is 55.4 Å². The van der Waals surface area contributed by atoms with Crippen LogP contribution in [0.5, 0.6) is 0 Å². The Balaban J connectivity index is 0.000000360. The van der Waals surface area contributed by atoms with E-state index in [0.717, 1.165) is 0 Å². The van der Waals surface area contributed by atoms with Crippen molar-refractivity contribution in [1.82, 2.24) is 0 Å². The van der Waals surface area contributed by atoms with E-state index >= 15 is 0 Å². The summed E-state index contributed by atoms with van der Waals surface area (Å²) in [4.78, 5) is 0. The van der Waals surface area contributed by atoms with Gasteiger partial charge >= 0.3 is 24.4 Å². The molecule has 23 heavy (non-hydrogen) atoms. The van der Waals surface area contributed by atoms with Crippen molar-refractivity contribution in [3.8, 4) is 0 Å². The summed E-state index contributed by atoms with van der Waals surface area (Å²) in [6.45, 7) is 16.9. The van der Waals surface area contributed by atoms with Crippen molar-refractivity contribution in [1.29, 1.82) is 0 Å². The molecule has 0 saturated carbocycles. The van der Waals surface area contributed by atoms with E-state index < -0.39 is 17.3 Å². The van der Waals surface area contributed by atoms with Gasteiger partial charge in [-0.3, -0.25) is 0 Å². The molecule has 0 atom stereocenters. The molecular weight excluding hydrogens is 462 g/mol. The molecule has 126 valence electrons. The molecule has 0 spiro atoms. The van der Waals surface area contributed by atoms with Crippen molar-refractivity contribution in [3.63, 3.8) is 0 Å². The summed E-state index contributed by atoms with van der Waals surface area (Å²) in [6, 6.07) is 11.0. The van der Waals surface area contributed by atoms with Gasteiger partial charge in [-0.15, -0.1) is 0 Å². The second-order valence-electron chi connectivity index (χ2n) is 5.83. The van der Waals surface area contributed by atoms with Crippen molar-refractivity contribution in [2.24, 2.45) is 0 Å². The third-order valence-corrected chi connectivity index (χ3v) is 3.98. The van der Waals surface area contributed by atoms with Crippen LogP contribution >= 0.6 is 0 Å². The van der Waals surface area contributed by atoms with E-state index in [1.807, 2.05) is 0 Å². The van der Waals surface area contributed by atoms with E-state index in [0.29, 0.717) is 0 Å². The molecule has 0 aliphatic carbocycles. The zero-order valence-corrected chi connectivity index (χ0v) is 17.9. The Bertz CT molecular complexity index is 541. The van der Waals surface area contributed by atoms with Crippen LogP contribution in [0.3, 0.4) is 0 Å².